The van der Waals surface area contributed by atoms with Crippen LogP contribution in [-0.4, -0.2) is 74.4 Å². The molecular weight excluding hydrogens is 416 g/mol. The molecule has 0 aromatic carbocycles. The molecule has 4 N–H and O–H groups in total. The minimum Gasteiger partial charge on any atom is -0.286 e. The Balaban J connectivity index is 5.52. The predicted molar refractivity (Wildman–Crippen MR) is 81.7 cm³/mol. The second-order valence-corrected chi connectivity index (χ2v) is 11.1. The van der Waals surface area contributed by atoms with Gasteiger partial charge in [-0.05, 0) is 25.2 Å². The maximum Gasteiger partial charge on any atom is 0.268 e. The Kier molecular flexibility index (Phi) is 8.22. The Morgan fingerprint density at radius 3 is 1.21 bits per heavy atom. The summed E-state index contributed by atoms with van der Waals surface area (Å²) in [6, 6.07) is 0. The van der Waals surface area contributed by atoms with Crippen molar-refractivity contribution in [2.45, 2.75) is 24.5 Å². The van der Waals surface area contributed by atoms with Gasteiger partial charge in [0.25, 0.3) is 40.5 Å². The van der Waals surface area contributed by atoms with Crippen LogP contribution in [0.15, 0.2) is 0 Å². The summed E-state index contributed by atoms with van der Waals surface area (Å²) in [6.07, 6.45) is -2.32. The molecule has 0 aliphatic heterocycles. The second-order valence-electron chi connectivity index (χ2n) is 4.81. The summed E-state index contributed by atoms with van der Waals surface area (Å²) in [5, 5.41) is -2.01. The van der Waals surface area contributed by atoms with Crippen LogP contribution >= 0.6 is 0 Å². The van der Waals surface area contributed by atoms with Gasteiger partial charge >= 0.3 is 0 Å². The highest BCUT2D eigenvalue weighted by Gasteiger charge is 2.35. The van der Waals surface area contributed by atoms with Gasteiger partial charge in [-0.25, -0.2) is 0 Å². The van der Waals surface area contributed by atoms with Crippen molar-refractivity contribution in [1.82, 2.24) is 0 Å². The lowest BCUT2D eigenvalue weighted by Crippen LogP contribution is -2.32. The second kappa shape index (κ2) is 8.35. The summed E-state index contributed by atoms with van der Waals surface area (Å²) in [5.41, 5.74) is 0. The molecular formula is C8H17O12S4. The number of hydrogen-bond acceptors (Lipinski definition) is 8. The molecule has 12 nitrogen and oxygen atoms in total. The molecule has 145 valence electrons. The molecule has 0 aliphatic rings. The van der Waals surface area contributed by atoms with Crippen molar-refractivity contribution in [2.24, 2.45) is 0 Å². The fraction of sp³-hybridized carbons (Fsp3) is 0.875. The molecule has 0 heterocycles. The minimum absolute atomic E-state index is 0.448. The van der Waals surface area contributed by atoms with E-state index in [1.807, 2.05) is 0 Å². The molecule has 1 unspecified atom stereocenters. The van der Waals surface area contributed by atoms with E-state index in [9.17, 15) is 33.7 Å². The highest BCUT2D eigenvalue weighted by atomic mass is 32.2. The summed E-state index contributed by atoms with van der Waals surface area (Å²) >= 11 is 0. The summed E-state index contributed by atoms with van der Waals surface area (Å²) in [7, 11) is -18.8. The van der Waals surface area contributed by atoms with Crippen molar-refractivity contribution in [1.29, 1.82) is 0 Å². The average Bonchev–Trinajstić information content (AvgIpc) is 2.26. The lowest BCUT2D eigenvalue weighted by molar-refractivity contribution is 0.449. The van der Waals surface area contributed by atoms with Crippen LogP contribution in [0.25, 0.3) is 0 Å². The standard InChI is InChI=1S/C8H17O12S4/c9-21(10,11)4-1-7(2-5-22(12,13)14)8(24(18,19)20)3-6-23(15,16)17/h8H,1-6H2,(H,9,10,11)(H,12,13,14)(H,15,16,17)(H,18,19,20). The van der Waals surface area contributed by atoms with Gasteiger partial charge in [0.15, 0.2) is 0 Å². The third-order valence-corrected chi connectivity index (χ3v) is 6.29. The van der Waals surface area contributed by atoms with E-state index >= 15 is 0 Å². The van der Waals surface area contributed by atoms with Gasteiger partial charge in [-0.15, -0.1) is 0 Å². The van der Waals surface area contributed by atoms with Gasteiger partial charge in [-0.3, -0.25) is 18.2 Å². The Morgan fingerprint density at radius 1 is 0.625 bits per heavy atom. The van der Waals surface area contributed by atoms with Crippen LogP contribution in [0.2, 0.25) is 0 Å². The van der Waals surface area contributed by atoms with E-state index in [1.165, 1.54) is 0 Å². The fourth-order valence-corrected chi connectivity index (χ4v) is 4.58. The first-order chi connectivity index (χ1) is 10.4. The zero-order valence-electron chi connectivity index (χ0n) is 12.0. The summed E-state index contributed by atoms with van der Waals surface area (Å²) in [6.45, 7) is 0. The third kappa shape index (κ3) is 12.1. The predicted octanol–water partition coefficient (Wildman–Crippen LogP) is -1.35. The molecule has 0 saturated carbocycles. The topological polar surface area (TPSA) is 217 Å². The highest BCUT2D eigenvalue weighted by Crippen LogP contribution is 2.26. The molecule has 24 heavy (non-hydrogen) atoms. The smallest absolute Gasteiger partial charge is 0.268 e. The van der Waals surface area contributed by atoms with Crippen LogP contribution in [-0.2, 0) is 40.5 Å². The van der Waals surface area contributed by atoms with Crippen molar-refractivity contribution >= 4 is 40.5 Å². The van der Waals surface area contributed by atoms with E-state index in [0.717, 1.165) is 0 Å². The molecule has 0 aromatic heterocycles. The molecule has 1 radical (unpaired) electrons. The largest absolute Gasteiger partial charge is 0.286 e. The van der Waals surface area contributed by atoms with Crippen LogP contribution in [0.4, 0.5) is 0 Å². The average molecular weight is 433 g/mol. The Labute approximate surface area is 140 Å². The molecule has 0 amide bonds. The van der Waals surface area contributed by atoms with Gasteiger partial charge in [0.2, 0.25) is 0 Å². The molecule has 0 aromatic rings. The van der Waals surface area contributed by atoms with Gasteiger partial charge in [-0.1, -0.05) is 0 Å². The SMILES string of the molecule is O=S(=O)(O)CC[C](CCS(=O)(=O)O)C(CCS(=O)(=O)O)S(=O)(=O)O. The van der Waals surface area contributed by atoms with E-state index in [2.05, 4.69) is 0 Å². The number of rotatable bonds is 11. The molecule has 1 atom stereocenters. The monoisotopic (exact) mass is 433 g/mol. The maximum atomic E-state index is 11.4. The lowest BCUT2D eigenvalue weighted by Gasteiger charge is -2.23. The van der Waals surface area contributed by atoms with Crippen LogP contribution in [0.1, 0.15) is 19.3 Å². The van der Waals surface area contributed by atoms with Gasteiger partial charge in [-0.2, -0.15) is 33.7 Å². The van der Waals surface area contributed by atoms with Crippen molar-refractivity contribution in [3.63, 3.8) is 0 Å². The highest BCUT2D eigenvalue weighted by molar-refractivity contribution is 7.87. The Morgan fingerprint density at radius 2 is 0.958 bits per heavy atom. The van der Waals surface area contributed by atoms with E-state index in [1.54, 1.807) is 0 Å². The van der Waals surface area contributed by atoms with E-state index in [4.69, 9.17) is 18.2 Å². The van der Waals surface area contributed by atoms with Gasteiger partial charge in [0.1, 0.15) is 0 Å². The van der Waals surface area contributed by atoms with Crippen LogP contribution in [0.3, 0.4) is 0 Å². The fourth-order valence-electron chi connectivity index (χ4n) is 1.79. The number of hydrogen-bond donors (Lipinski definition) is 4. The van der Waals surface area contributed by atoms with E-state index in [0.29, 0.717) is 0 Å². The molecule has 0 spiro atoms. The third-order valence-electron chi connectivity index (χ3n) is 2.82. The van der Waals surface area contributed by atoms with Crippen molar-refractivity contribution in [2.75, 3.05) is 17.3 Å². The van der Waals surface area contributed by atoms with Crippen molar-refractivity contribution in [3.05, 3.63) is 5.92 Å². The zero-order chi connectivity index (χ0) is 19.4. The molecule has 16 heteroatoms. The Hall–Kier alpha value is -0.360. The van der Waals surface area contributed by atoms with Gasteiger partial charge in [0.05, 0.1) is 22.5 Å². The quantitative estimate of drug-likeness (QED) is 0.278. The van der Waals surface area contributed by atoms with Crippen molar-refractivity contribution < 1.29 is 51.9 Å². The van der Waals surface area contributed by atoms with E-state index < -0.39 is 88.2 Å². The van der Waals surface area contributed by atoms with Gasteiger partial charge in [0, 0.05) is 0 Å². The first-order valence-corrected chi connectivity index (χ1v) is 12.4. The summed E-state index contributed by atoms with van der Waals surface area (Å²) < 4.78 is 122. The van der Waals surface area contributed by atoms with Crippen LogP contribution in [0.5, 0.6) is 0 Å². The molecule has 0 saturated heterocycles. The van der Waals surface area contributed by atoms with Crippen LogP contribution in [0, 0.1) is 5.92 Å². The molecule has 0 fully saturated rings. The maximum absolute atomic E-state index is 11.4. The zero-order valence-corrected chi connectivity index (χ0v) is 15.3. The molecule has 0 bridgehead atoms. The normalized spacial score (nSPS) is 15.5. The van der Waals surface area contributed by atoms with E-state index in [-0.39, 0.29) is 0 Å². The Bertz CT molecular complexity index is 783. The molecule has 0 aliphatic carbocycles. The first-order valence-electron chi connectivity index (χ1n) is 6.07. The van der Waals surface area contributed by atoms with Crippen molar-refractivity contribution in [3.8, 4) is 0 Å². The van der Waals surface area contributed by atoms with Gasteiger partial charge < -0.3 is 0 Å². The molecule has 0 rings (SSSR count). The van der Waals surface area contributed by atoms with Crippen LogP contribution < -0.4 is 0 Å². The minimum atomic E-state index is -4.99. The lowest BCUT2D eigenvalue weighted by atomic mass is 9.97. The summed E-state index contributed by atoms with van der Waals surface area (Å²) in [5.74, 6) is -3.60. The summed E-state index contributed by atoms with van der Waals surface area (Å²) in [4.78, 5) is 0. The first kappa shape index (κ1) is 23.6.